The number of carbonyl (C=O) groups excluding carboxylic acids is 1. The first kappa shape index (κ1) is 16.5. The second kappa shape index (κ2) is 6.77. The van der Waals surface area contributed by atoms with Crippen LogP contribution in [0, 0.1) is 0 Å². The lowest BCUT2D eigenvalue weighted by Crippen LogP contribution is -2.58. The van der Waals surface area contributed by atoms with Crippen molar-refractivity contribution in [3.8, 4) is 16.3 Å². The van der Waals surface area contributed by atoms with Gasteiger partial charge in [-0.05, 0) is 44.4 Å². The third-order valence-electron chi connectivity index (χ3n) is 5.32. The second-order valence-electron chi connectivity index (χ2n) is 6.78. The van der Waals surface area contributed by atoms with Crippen LogP contribution in [0.15, 0.2) is 30.5 Å². The molecule has 3 heterocycles. The molecule has 2 saturated heterocycles. The quantitative estimate of drug-likeness (QED) is 0.914. The van der Waals surface area contributed by atoms with E-state index in [-0.39, 0.29) is 11.4 Å². The molecule has 25 heavy (non-hydrogen) atoms. The van der Waals surface area contributed by atoms with Crippen molar-refractivity contribution in [3.63, 3.8) is 0 Å². The number of thiazole rings is 1. The van der Waals surface area contributed by atoms with Gasteiger partial charge < -0.3 is 10.1 Å². The van der Waals surface area contributed by atoms with Crippen LogP contribution in [0.25, 0.3) is 10.6 Å². The van der Waals surface area contributed by atoms with Crippen LogP contribution in [0.2, 0.25) is 0 Å². The maximum atomic E-state index is 12.5. The molecule has 0 saturated carbocycles. The zero-order chi connectivity index (χ0) is 17.3. The van der Waals surface area contributed by atoms with Crippen LogP contribution in [-0.4, -0.2) is 41.5 Å². The van der Waals surface area contributed by atoms with Gasteiger partial charge in [-0.25, -0.2) is 4.98 Å². The van der Waals surface area contributed by atoms with E-state index in [1.807, 2.05) is 24.4 Å². The number of benzene rings is 1. The fourth-order valence-corrected chi connectivity index (χ4v) is 4.95. The fourth-order valence-electron chi connectivity index (χ4n) is 4.02. The van der Waals surface area contributed by atoms with Gasteiger partial charge in [-0.15, -0.1) is 11.3 Å². The van der Waals surface area contributed by atoms with Gasteiger partial charge in [-0.2, -0.15) is 0 Å². The molecular weight excluding hydrogens is 334 g/mol. The van der Waals surface area contributed by atoms with Crippen LogP contribution in [0.3, 0.4) is 0 Å². The van der Waals surface area contributed by atoms with Crippen LogP contribution in [0.5, 0.6) is 5.75 Å². The van der Waals surface area contributed by atoms with Crippen molar-refractivity contribution < 1.29 is 9.53 Å². The maximum absolute atomic E-state index is 12.5. The van der Waals surface area contributed by atoms with Crippen LogP contribution in [0.1, 0.15) is 30.6 Å². The third-order valence-corrected chi connectivity index (χ3v) is 6.35. The molecule has 0 aliphatic carbocycles. The minimum atomic E-state index is -0.293. The number of likely N-dealkylation sites (tertiary alicyclic amines) is 1. The van der Waals surface area contributed by atoms with E-state index in [0.29, 0.717) is 0 Å². The van der Waals surface area contributed by atoms with Crippen LogP contribution < -0.4 is 10.1 Å². The number of amides is 1. The van der Waals surface area contributed by atoms with E-state index in [4.69, 9.17) is 4.74 Å². The highest BCUT2D eigenvalue weighted by Gasteiger charge is 2.48. The predicted octanol–water partition coefficient (Wildman–Crippen LogP) is 3.06. The molecular formula is C19H23N3O2S. The van der Waals surface area contributed by atoms with E-state index < -0.39 is 0 Å². The van der Waals surface area contributed by atoms with Crippen molar-refractivity contribution in [2.24, 2.45) is 0 Å². The topological polar surface area (TPSA) is 54.5 Å². The van der Waals surface area contributed by atoms with Crippen molar-refractivity contribution in [1.29, 1.82) is 0 Å². The number of methoxy groups -OCH3 is 1. The molecule has 1 N–H and O–H groups in total. The molecule has 2 fully saturated rings. The summed E-state index contributed by atoms with van der Waals surface area (Å²) in [5.74, 6) is 1.06. The predicted molar refractivity (Wildman–Crippen MR) is 98.7 cm³/mol. The molecule has 5 nitrogen and oxygen atoms in total. The molecule has 132 valence electrons. The minimum absolute atomic E-state index is 0.216. The highest BCUT2D eigenvalue weighted by atomic mass is 32.1. The van der Waals surface area contributed by atoms with Gasteiger partial charge in [0.05, 0.1) is 7.11 Å². The van der Waals surface area contributed by atoms with Gasteiger partial charge in [0.2, 0.25) is 5.91 Å². The lowest BCUT2D eigenvalue weighted by Gasteiger charge is -2.39. The average Bonchev–Trinajstić information content (AvgIpc) is 3.26. The molecule has 1 spiro atoms. The summed E-state index contributed by atoms with van der Waals surface area (Å²) in [6, 6.07) is 7.98. The van der Waals surface area contributed by atoms with Crippen LogP contribution in [0.4, 0.5) is 0 Å². The van der Waals surface area contributed by atoms with Crippen molar-refractivity contribution in [2.45, 2.75) is 37.8 Å². The van der Waals surface area contributed by atoms with Crippen molar-refractivity contribution in [1.82, 2.24) is 15.2 Å². The van der Waals surface area contributed by atoms with E-state index in [2.05, 4.69) is 21.3 Å². The Bertz CT molecular complexity index is 776. The number of hydrogen-bond donors (Lipinski definition) is 1. The Morgan fingerprint density at radius 3 is 3.08 bits per heavy atom. The summed E-state index contributed by atoms with van der Waals surface area (Å²) >= 11 is 1.70. The molecule has 1 aromatic heterocycles. The van der Waals surface area contributed by atoms with Crippen molar-refractivity contribution >= 4 is 17.2 Å². The number of aromatic nitrogens is 1. The first-order chi connectivity index (χ1) is 12.2. The van der Waals surface area contributed by atoms with Gasteiger partial charge in [-0.3, -0.25) is 9.69 Å². The summed E-state index contributed by atoms with van der Waals surface area (Å²) in [5.41, 5.74) is 0.778. The molecule has 1 amide bonds. The second-order valence-corrected chi connectivity index (χ2v) is 7.90. The molecule has 2 aliphatic rings. The fraction of sp³-hybridized carbons (Fsp3) is 0.474. The molecule has 0 radical (unpaired) electrons. The third kappa shape index (κ3) is 3.04. The first-order valence-corrected chi connectivity index (χ1v) is 9.65. The minimum Gasteiger partial charge on any atom is -0.497 e. The van der Waals surface area contributed by atoms with Crippen LogP contribution in [-0.2, 0) is 11.3 Å². The normalized spacial score (nSPS) is 23.8. The molecule has 4 rings (SSSR count). The van der Waals surface area contributed by atoms with Gasteiger partial charge in [0, 0.05) is 29.7 Å². The van der Waals surface area contributed by atoms with Crippen molar-refractivity contribution in [3.05, 3.63) is 35.3 Å². The highest BCUT2D eigenvalue weighted by Crippen LogP contribution is 2.38. The average molecular weight is 357 g/mol. The van der Waals surface area contributed by atoms with Gasteiger partial charge in [-0.1, -0.05) is 12.1 Å². The Kier molecular flexibility index (Phi) is 4.48. The van der Waals surface area contributed by atoms with Gasteiger partial charge in [0.25, 0.3) is 0 Å². The number of piperidine rings is 1. The first-order valence-electron chi connectivity index (χ1n) is 8.84. The van der Waals surface area contributed by atoms with E-state index in [0.717, 1.165) is 61.6 Å². The van der Waals surface area contributed by atoms with E-state index in [1.165, 1.54) is 4.88 Å². The Hall–Kier alpha value is -1.92. The SMILES string of the molecule is COc1cccc(-c2ncc(CN3CCCC34CCCNC4=O)s2)c1. The molecule has 1 atom stereocenters. The lowest BCUT2D eigenvalue weighted by molar-refractivity contribution is -0.134. The maximum Gasteiger partial charge on any atom is 0.240 e. The Balaban J connectivity index is 1.53. The van der Waals surface area contributed by atoms with Crippen molar-refractivity contribution in [2.75, 3.05) is 20.2 Å². The van der Waals surface area contributed by atoms with E-state index >= 15 is 0 Å². The molecule has 1 aromatic carbocycles. The number of carbonyl (C=O) groups is 1. The summed E-state index contributed by atoms with van der Waals surface area (Å²) in [6.07, 6.45) is 6.06. The Labute approximate surface area is 152 Å². The largest absolute Gasteiger partial charge is 0.497 e. The standard InChI is InChI=1S/C19H23N3O2S/c1-24-15-6-2-5-14(11-15)17-21-12-16(25-17)13-22-10-4-8-19(22)7-3-9-20-18(19)23/h2,5-6,11-12H,3-4,7-10,13H2,1H3,(H,20,23). The number of ether oxygens (including phenoxy) is 1. The summed E-state index contributed by atoms with van der Waals surface area (Å²) in [5, 5.41) is 4.06. The van der Waals surface area contributed by atoms with E-state index in [1.54, 1.807) is 18.4 Å². The number of hydrogen-bond acceptors (Lipinski definition) is 5. The highest BCUT2D eigenvalue weighted by molar-refractivity contribution is 7.15. The molecule has 2 aromatic rings. The summed E-state index contributed by atoms with van der Waals surface area (Å²) in [7, 11) is 1.68. The molecule has 1 unspecified atom stereocenters. The van der Waals surface area contributed by atoms with Gasteiger partial charge >= 0.3 is 0 Å². The zero-order valence-electron chi connectivity index (χ0n) is 14.5. The molecule has 6 heteroatoms. The molecule has 0 bridgehead atoms. The monoisotopic (exact) mass is 357 g/mol. The number of nitrogens with zero attached hydrogens (tertiary/aromatic N) is 2. The Morgan fingerprint density at radius 2 is 2.24 bits per heavy atom. The van der Waals surface area contributed by atoms with E-state index in [9.17, 15) is 4.79 Å². The van der Waals surface area contributed by atoms with Crippen LogP contribution >= 0.6 is 11.3 Å². The van der Waals surface area contributed by atoms with Gasteiger partial charge in [0.1, 0.15) is 16.3 Å². The summed E-state index contributed by atoms with van der Waals surface area (Å²) < 4.78 is 5.30. The van der Waals surface area contributed by atoms with Gasteiger partial charge in [0.15, 0.2) is 0 Å². The zero-order valence-corrected chi connectivity index (χ0v) is 15.3. The Morgan fingerprint density at radius 1 is 1.36 bits per heavy atom. The number of nitrogens with one attached hydrogen (secondary N) is 1. The molecule has 2 aliphatic heterocycles. The number of rotatable bonds is 4. The summed E-state index contributed by atoms with van der Waals surface area (Å²) in [6.45, 7) is 2.60. The smallest absolute Gasteiger partial charge is 0.240 e. The lowest BCUT2D eigenvalue weighted by atomic mass is 9.86. The summed E-state index contributed by atoms with van der Waals surface area (Å²) in [4.78, 5) is 20.7.